The molecule has 7 nitrogen and oxygen atoms in total. The number of thiazole rings is 1. The highest BCUT2D eigenvalue weighted by Gasteiger charge is 2.20. The van der Waals surface area contributed by atoms with Gasteiger partial charge in [-0.05, 0) is 50.2 Å². The lowest BCUT2D eigenvalue weighted by molar-refractivity contribution is -0.115. The van der Waals surface area contributed by atoms with E-state index >= 15 is 0 Å². The molecule has 1 amide bonds. The van der Waals surface area contributed by atoms with Gasteiger partial charge in [0.05, 0.1) is 32.9 Å². The van der Waals surface area contributed by atoms with Crippen molar-refractivity contribution in [1.29, 1.82) is 5.26 Å². The predicted octanol–water partition coefficient (Wildman–Crippen LogP) is 5.19. The second-order valence-electron chi connectivity index (χ2n) is 6.82. The van der Waals surface area contributed by atoms with Crippen LogP contribution in [0.1, 0.15) is 25.2 Å². The molecule has 0 spiro atoms. The Kier molecular flexibility index (Phi) is 7.09. The number of hydrogen-bond donors (Lipinski definition) is 1. The van der Waals surface area contributed by atoms with Crippen LogP contribution in [0.15, 0.2) is 58.0 Å². The van der Waals surface area contributed by atoms with Crippen LogP contribution in [0, 0.1) is 11.3 Å². The Balaban J connectivity index is 1.39. The van der Waals surface area contributed by atoms with Gasteiger partial charge in [-0.3, -0.25) is 4.79 Å². The summed E-state index contributed by atoms with van der Waals surface area (Å²) in [5.41, 5.74) is 2.22. The lowest BCUT2D eigenvalue weighted by Crippen LogP contribution is -2.23. The number of nitrogens with one attached hydrogen (secondary N) is 1. The van der Waals surface area contributed by atoms with Gasteiger partial charge in [0.15, 0.2) is 9.50 Å². The van der Waals surface area contributed by atoms with E-state index in [-0.39, 0.29) is 11.2 Å². The number of benzene rings is 2. The van der Waals surface area contributed by atoms with Gasteiger partial charge in [-0.25, -0.2) is 4.98 Å². The molecule has 10 heteroatoms. The van der Waals surface area contributed by atoms with Gasteiger partial charge in [0.25, 0.3) is 0 Å². The average Bonchev–Trinajstić information content (AvgIpc) is 3.41. The molecule has 0 saturated carbocycles. The normalized spacial score (nSPS) is 11.9. The number of aromatic nitrogens is 4. The molecule has 0 bridgehead atoms. The Bertz CT molecular complexity index is 1240. The molecule has 0 radical (unpaired) electrons. The summed E-state index contributed by atoms with van der Waals surface area (Å²) in [6.07, 6.45) is 0. The van der Waals surface area contributed by atoms with Crippen LogP contribution < -0.4 is 5.32 Å². The zero-order chi connectivity index (χ0) is 22.5. The molecule has 2 aromatic carbocycles. The summed E-state index contributed by atoms with van der Waals surface area (Å²) in [5, 5.41) is 20.8. The van der Waals surface area contributed by atoms with Gasteiger partial charge in [-0.15, -0.1) is 21.5 Å². The summed E-state index contributed by atoms with van der Waals surface area (Å²) in [6.45, 7) is 4.60. The summed E-state index contributed by atoms with van der Waals surface area (Å²) >= 11 is 4.70. The number of nitrogens with zero attached hydrogens (tertiary/aromatic N) is 5. The fourth-order valence-electron chi connectivity index (χ4n) is 2.95. The quantitative estimate of drug-likeness (QED) is 0.347. The number of thioether (sulfide) groups is 2. The maximum absolute atomic E-state index is 12.6. The van der Waals surface area contributed by atoms with Crippen LogP contribution in [-0.4, -0.2) is 30.9 Å². The topological polar surface area (TPSA) is 96.5 Å². The summed E-state index contributed by atoms with van der Waals surface area (Å²) in [5.74, 6) is 1.39. The van der Waals surface area contributed by atoms with E-state index in [2.05, 4.69) is 32.6 Å². The molecule has 2 heterocycles. The van der Waals surface area contributed by atoms with Gasteiger partial charge < -0.3 is 9.88 Å². The van der Waals surface area contributed by atoms with E-state index in [1.54, 1.807) is 47.4 Å². The number of fused-ring (bicyclic) bond motifs is 1. The zero-order valence-electron chi connectivity index (χ0n) is 17.5. The molecule has 4 aromatic rings. The van der Waals surface area contributed by atoms with Gasteiger partial charge in [0.2, 0.25) is 5.91 Å². The summed E-state index contributed by atoms with van der Waals surface area (Å²) in [6, 6.07) is 17.0. The van der Waals surface area contributed by atoms with Crippen molar-refractivity contribution in [3.63, 3.8) is 0 Å². The van der Waals surface area contributed by atoms with Crippen LogP contribution in [0.4, 0.5) is 5.69 Å². The van der Waals surface area contributed by atoms with Crippen LogP contribution >= 0.6 is 34.9 Å². The van der Waals surface area contributed by atoms with Crippen molar-refractivity contribution in [2.75, 3.05) is 5.32 Å². The smallest absolute Gasteiger partial charge is 0.237 e. The molecule has 4 rings (SSSR count). The van der Waals surface area contributed by atoms with Crippen molar-refractivity contribution in [2.24, 2.45) is 0 Å². The highest BCUT2D eigenvalue weighted by atomic mass is 32.2. The highest BCUT2D eigenvalue weighted by Crippen LogP contribution is 2.32. The number of rotatable bonds is 8. The van der Waals surface area contributed by atoms with E-state index in [0.717, 1.165) is 27.4 Å². The van der Waals surface area contributed by atoms with E-state index in [9.17, 15) is 4.79 Å². The highest BCUT2D eigenvalue weighted by molar-refractivity contribution is 8.00. The first-order valence-corrected chi connectivity index (χ1v) is 12.6. The molecule has 1 atom stereocenters. The minimum Gasteiger partial charge on any atom is -0.325 e. The van der Waals surface area contributed by atoms with Crippen LogP contribution in [0.25, 0.3) is 10.2 Å². The minimum atomic E-state index is -0.357. The lowest BCUT2D eigenvalue weighted by atomic mass is 10.2. The summed E-state index contributed by atoms with van der Waals surface area (Å²) in [7, 11) is 0. The number of amides is 1. The fraction of sp³-hybridized carbons (Fsp3) is 0.227. The number of carbonyl (C=O) groups excluding carboxylic acids is 1. The summed E-state index contributed by atoms with van der Waals surface area (Å²) < 4.78 is 4.21. The van der Waals surface area contributed by atoms with Crippen LogP contribution in [0.5, 0.6) is 0 Å². The van der Waals surface area contributed by atoms with Crippen molar-refractivity contribution in [3.8, 4) is 6.07 Å². The van der Waals surface area contributed by atoms with E-state index in [1.165, 1.54) is 16.5 Å². The second-order valence-corrected chi connectivity index (χ2v) is 10.4. The number of para-hydroxylation sites is 1. The molecular weight excluding hydrogens is 460 g/mol. The summed E-state index contributed by atoms with van der Waals surface area (Å²) in [4.78, 5) is 17.3. The maximum Gasteiger partial charge on any atom is 0.237 e. The number of anilines is 1. The zero-order valence-corrected chi connectivity index (χ0v) is 19.9. The molecular formula is C22H20N6OS3. The molecule has 0 saturated heterocycles. The first-order chi connectivity index (χ1) is 15.6. The minimum absolute atomic E-state index is 0.129. The van der Waals surface area contributed by atoms with Crippen molar-refractivity contribution in [2.45, 2.75) is 40.9 Å². The first kappa shape index (κ1) is 22.3. The number of carbonyl (C=O) groups is 1. The molecule has 2 aromatic heterocycles. The molecule has 1 unspecified atom stereocenters. The Morgan fingerprint density at radius 2 is 2.00 bits per heavy atom. The van der Waals surface area contributed by atoms with Gasteiger partial charge in [-0.2, -0.15) is 5.26 Å². The van der Waals surface area contributed by atoms with Crippen LogP contribution in [-0.2, 0) is 17.1 Å². The third kappa shape index (κ3) is 5.12. The molecule has 32 heavy (non-hydrogen) atoms. The number of nitriles is 1. The predicted molar refractivity (Wildman–Crippen MR) is 130 cm³/mol. The molecule has 0 fully saturated rings. The Labute approximate surface area is 198 Å². The van der Waals surface area contributed by atoms with Crippen molar-refractivity contribution >= 4 is 56.7 Å². The molecule has 0 aliphatic rings. The van der Waals surface area contributed by atoms with Crippen LogP contribution in [0.2, 0.25) is 0 Å². The molecule has 162 valence electrons. The van der Waals surface area contributed by atoms with Gasteiger partial charge in [0.1, 0.15) is 5.82 Å². The standard InChI is InChI=1S/C22H20N6OS3/c1-3-28-19(13-30-22-25-17-6-4-5-7-18(17)32-22)26-27-21(28)31-14(2)20(29)24-16-10-8-15(12-23)9-11-16/h4-11,14H,3,13H2,1-2H3,(H,24,29). The second kappa shape index (κ2) is 10.2. The Morgan fingerprint density at radius 3 is 2.72 bits per heavy atom. The van der Waals surface area contributed by atoms with E-state index in [1.807, 2.05) is 36.6 Å². The Morgan fingerprint density at radius 1 is 1.22 bits per heavy atom. The lowest BCUT2D eigenvalue weighted by Gasteiger charge is -2.12. The first-order valence-electron chi connectivity index (χ1n) is 9.95. The average molecular weight is 481 g/mol. The van der Waals surface area contributed by atoms with Crippen molar-refractivity contribution in [1.82, 2.24) is 19.7 Å². The van der Waals surface area contributed by atoms with Crippen molar-refractivity contribution < 1.29 is 4.79 Å². The number of hydrogen-bond acceptors (Lipinski definition) is 8. The maximum atomic E-state index is 12.6. The molecule has 1 N–H and O–H groups in total. The van der Waals surface area contributed by atoms with E-state index in [4.69, 9.17) is 5.26 Å². The third-order valence-electron chi connectivity index (χ3n) is 4.64. The van der Waals surface area contributed by atoms with E-state index < -0.39 is 0 Å². The van der Waals surface area contributed by atoms with Gasteiger partial charge >= 0.3 is 0 Å². The molecule has 0 aliphatic carbocycles. The van der Waals surface area contributed by atoms with E-state index in [0.29, 0.717) is 17.0 Å². The fourth-order valence-corrected chi connectivity index (χ4v) is 5.89. The molecule has 0 aliphatic heterocycles. The van der Waals surface area contributed by atoms with Gasteiger partial charge in [0, 0.05) is 12.2 Å². The Hall–Kier alpha value is -2.87. The van der Waals surface area contributed by atoms with Gasteiger partial charge in [-0.1, -0.05) is 35.7 Å². The van der Waals surface area contributed by atoms with Crippen molar-refractivity contribution in [3.05, 3.63) is 59.9 Å². The largest absolute Gasteiger partial charge is 0.325 e. The third-order valence-corrected chi connectivity index (χ3v) is 7.90. The van der Waals surface area contributed by atoms with Crippen LogP contribution in [0.3, 0.4) is 0 Å². The monoisotopic (exact) mass is 480 g/mol. The SMILES string of the molecule is CCn1c(CSc2nc3ccccc3s2)nnc1SC(C)C(=O)Nc1ccc(C#N)cc1.